The Morgan fingerprint density at radius 3 is 2.62 bits per heavy atom. The maximum Gasteiger partial charge on any atom is 0.304 e. The Bertz CT molecular complexity index is 689. The second kappa shape index (κ2) is 5.78. The van der Waals surface area contributed by atoms with Gasteiger partial charge in [-0.25, -0.2) is 0 Å². The summed E-state index contributed by atoms with van der Waals surface area (Å²) in [5.41, 5.74) is 1.51. The van der Waals surface area contributed by atoms with Crippen LogP contribution in [0.3, 0.4) is 0 Å². The van der Waals surface area contributed by atoms with Gasteiger partial charge in [0.15, 0.2) is 0 Å². The van der Waals surface area contributed by atoms with Gasteiger partial charge in [-0.2, -0.15) is 4.39 Å². The van der Waals surface area contributed by atoms with Crippen LogP contribution in [0.25, 0.3) is 0 Å². The van der Waals surface area contributed by atoms with Gasteiger partial charge in [-0.3, -0.25) is 10.1 Å². The van der Waals surface area contributed by atoms with E-state index >= 15 is 0 Å². The number of phenols is 1. The smallest absolute Gasteiger partial charge is 0.304 e. The first-order valence-corrected chi connectivity index (χ1v) is 6.38. The number of nitro groups is 1. The zero-order chi connectivity index (χ0) is 15.6. The second-order valence-electron chi connectivity index (χ2n) is 4.85. The molecule has 5 nitrogen and oxygen atoms in total. The number of nitrogens with zero attached hydrogens (tertiary/aromatic N) is 1. The fourth-order valence-corrected chi connectivity index (χ4v) is 2.09. The molecule has 0 amide bonds. The molecule has 2 aromatic carbocycles. The predicted molar refractivity (Wildman–Crippen MR) is 77.9 cm³/mol. The first kappa shape index (κ1) is 14.8. The summed E-state index contributed by atoms with van der Waals surface area (Å²) in [5.74, 6) is -0.756. The molecular formula is C15H15FN2O3. The molecule has 0 radical (unpaired) electrons. The van der Waals surface area contributed by atoms with E-state index in [2.05, 4.69) is 5.32 Å². The topological polar surface area (TPSA) is 75.4 Å². The van der Waals surface area contributed by atoms with Crippen LogP contribution in [0.5, 0.6) is 5.75 Å². The molecule has 0 aliphatic carbocycles. The van der Waals surface area contributed by atoms with E-state index in [1.807, 2.05) is 19.9 Å². The van der Waals surface area contributed by atoms with Crippen molar-refractivity contribution in [2.45, 2.75) is 19.9 Å². The maximum atomic E-state index is 13.6. The fraction of sp³-hybridized carbons (Fsp3) is 0.200. The normalized spacial score (nSPS) is 12.0. The summed E-state index contributed by atoms with van der Waals surface area (Å²) in [4.78, 5) is 9.80. The van der Waals surface area contributed by atoms with Crippen LogP contribution in [0.4, 0.5) is 15.8 Å². The van der Waals surface area contributed by atoms with Crippen molar-refractivity contribution in [1.29, 1.82) is 0 Å². The summed E-state index contributed by atoms with van der Waals surface area (Å²) in [6.45, 7) is 3.72. The molecule has 0 fully saturated rings. The number of hydrogen-bond acceptors (Lipinski definition) is 4. The summed E-state index contributed by atoms with van der Waals surface area (Å²) in [7, 11) is 0. The SMILES string of the molecule is Cc1ccc(O)c(C(C)Nc2ccc([N+](=O)[O-])c(F)c2)c1. The molecule has 0 aliphatic rings. The number of rotatable bonds is 4. The number of hydrogen-bond donors (Lipinski definition) is 2. The minimum Gasteiger partial charge on any atom is -0.508 e. The Morgan fingerprint density at radius 2 is 2.00 bits per heavy atom. The molecule has 2 rings (SSSR count). The van der Waals surface area contributed by atoms with Gasteiger partial charge >= 0.3 is 5.69 Å². The van der Waals surface area contributed by atoms with Gasteiger partial charge in [0.05, 0.1) is 11.0 Å². The monoisotopic (exact) mass is 290 g/mol. The molecule has 0 heterocycles. The zero-order valence-corrected chi connectivity index (χ0v) is 11.6. The Kier molecular flexibility index (Phi) is 4.07. The van der Waals surface area contributed by atoms with Gasteiger partial charge in [0.2, 0.25) is 5.82 Å². The quantitative estimate of drug-likeness (QED) is 0.661. The van der Waals surface area contributed by atoms with E-state index in [9.17, 15) is 19.6 Å². The van der Waals surface area contributed by atoms with Crippen LogP contribution < -0.4 is 5.32 Å². The minimum atomic E-state index is -0.898. The van der Waals surface area contributed by atoms with E-state index in [4.69, 9.17) is 0 Å². The zero-order valence-electron chi connectivity index (χ0n) is 11.6. The van der Waals surface area contributed by atoms with Crippen LogP contribution >= 0.6 is 0 Å². The van der Waals surface area contributed by atoms with Crippen LogP contribution in [0.1, 0.15) is 24.1 Å². The number of halogens is 1. The highest BCUT2D eigenvalue weighted by Crippen LogP contribution is 2.29. The Morgan fingerprint density at radius 1 is 1.29 bits per heavy atom. The molecule has 2 aromatic rings. The summed E-state index contributed by atoms with van der Waals surface area (Å²) in [5, 5.41) is 23.4. The van der Waals surface area contributed by atoms with E-state index in [0.717, 1.165) is 17.7 Å². The standard InChI is InChI=1S/C15H15FN2O3/c1-9-3-6-15(19)12(7-9)10(2)17-11-4-5-14(18(20)21)13(16)8-11/h3-8,10,17,19H,1-2H3. The number of nitro benzene ring substituents is 1. The maximum absolute atomic E-state index is 13.6. The third-order valence-electron chi connectivity index (χ3n) is 3.18. The van der Waals surface area contributed by atoms with Crippen LogP contribution in [0, 0.1) is 22.9 Å². The summed E-state index contributed by atoms with van der Waals surface area (Å²) >= 11 is 0. The summed E-state index contributed by atoms with van der Waals surface area (Å²) < 4.78 is 13.6. The molecule has 1 atom stereocenters. The largest absolute Gasteiger partial charge is 0.508 e. The van der Waals surface area contributed by atoms with Crippen molar-refractivity contribution in [1.82, 2.24) is 0 Å². The van der Waals surface area contributed by atoms with Crippen molar-refractivity contribution in [3.05, 3.63) is 63.5 Å². The fourth-order valence-electron chi connectivity index (χ4n) is 2.09. The molecular weight excluding hydrogens is 275 g/mol. The highest BCUT2D eigenvalue weighted by Gasteiger charge is 2.16. The van der Waals surface area contributed by atoms with Gasteiger partial charge in [-0.05, 0) is 26.0 Å². The lowest BCUT2D eigenvalue weighted by Gasteiger charge is -2.17. The number of aromatic hydroxyl groups is 1. The highest BCUT2D eigenvalue weighted by atomic mass is 19.1. The molecule has 21 heavy (non-hydrogen) atoms. The van der Waals surface area contributed by atoms with Crippen molar-refractivity contribution in [2.24, 2.45) is 0 Å². The lowest BCUT2D eigenvalue weighted by molar-refractivity contribution is -0.387. The van der Waals surface area contributed by atoms with Crippen LogP contribution in [-0.4, -0.2) is 10.0 Å². The first-order chi connectivity index (χ1) is 9.88. The number of benzene rings is 2. The molecule has 6 heteroatoms. The van der Waals surface area contributed by atoms with Gasteiger partial charge in [-0.1, -0.05) is 17.7 Å². The van der Waals surface area contributed by atoms with Gasteiger partial charge in [-0.15, -0.1) is 0 Å². The molecule has 0 aromatic heterocycles. The Balaban J connectivity index is 2.23. The van der Waals surface area contributed by atoms with E-state index in [1.54, 1.807) is 12.1 Å². The molecule has 1 unspecified atom stereocenters. The van der Waals surface area contributed by atoms with E-state index in [1.165, 1.54) is 6.07 Å². The first-order valence-electron chi connectivity index (χ1n) is 6.38. The minimum absolute atomic E-state index is 0.142. The lowest BCUT2D eigenvalue weighted by atomic mass is 10.0. The van der Waals surface area contributed by atoms with Crippen molar-refractivity contribution >= 4 is 11.4 Å². The number of phenolic OH excluding ortho intramolecular Hbond substituents is 1. The average molecular weight is 290 g/mol. The summed E-state index contributed by atoms with van der Waals surface area (Å²) in [6.07, 6.45) is 0. The molecule has 0 aliphatic heterocycles. The average Bonchev–Trinajstić information content (AvgIpc) is 2.41. The van der Waals surface area contributed by atoms with E-state index in [0.29, 0.717) is 11.3 Å². The van der Waals surface area contributed by atoms with Gasteiger partial charge < -0.3 is 10.4 Å². The molecule has 2 N–H and O–H groups in total. The van der Waals surface area contributed by atoms with Crippen LogP contribution in [0.15, 0.2) is 36.4 Å². The van der Waals surface area contributed by atoms with Crippen LogP contribution in [-0.2, 0) is 0 Å². The summed E-state index contributed by atoms with van der Waals surface area (Å²) in [6, 6.07) is 8.56. The second-order valence-corrected chi connectivity index (χ2v) is 4.85. The molecule has 0 bridgehead atoms. The highest BCUT2D eigenvalue weighted by molar-refractivity contribution is 5.52. The van der Waals surface area contributed by atoms with Gasteiger partial charge in [0.1, 0.15) is 5.75 Å². The Labute approximate surface area is 121 Å². The van der Waals surface area contributed by atoms with E-state index < -0.39 is 16.4 Å². The van der Waals surface area contributed by atoms with Gasteiger partial charge in [0.25, 0.3) is 0 Å². The third-order valence-corrected chi connectivity index (χ3v) is 3.18. The van der Waals surface area contributed by atoms with Gasteiger partial charge in [0, 0.05) is 23.4 Å². The number of aryl methyl sites for hydroxylation is 1. The van der Waals surface area contributed by atoms with Crippen molar-refractivity contribution in [3.63, 3.8) is 0 Å². The number of anilines is 1. The van der Waals surface area contributed by atoms with Crippen molar-refractivity contribution < 1.29 is 14.4 Å². The predicted octanol–water partition coefficient (Wildman–Crippen LogP) is 3.92. The van der Waals surface area contributed by atoms with E-state index in [-0.39, 0.29) is 11.8 Å². The lowest BCUT2D eigenvalue weighted by Crippen LogP contribution is -2.07. The van der Waals surface area contributed by atoms with Crippen LogP contribution in [0.2, 0.25) is 0 Å². The number of nitrogens with one attached hydrogen (secondary N) is 1. The Hall–Kier alpha value is -2.63. The molecule has 0 saturated heterocycles. The van der Waals surface area contributed by atoms with Crippen molar-refractivity contribution in [3.8, 4) is 5.75 Å². The molecule has 110 valence electrons. The van der Waals surface area contributed by atoms with Crippen molar-refractivity contribution in [2.75, 3.05) is 5.32 Å². The third kappa shape index (κ3) is 3.28. The molecule has 0 spiro atoms. The molecule has 0 saturated carbocycles.